The van der Waals surface area contributed by atoms with Gasteiger partial charge in [0.05, 0.1) is 5.56 Å². The predicted molar refractivity (Wildman–Crippen MR) is 139 cm³/mol. The lowest BCUT2D eigenvalue weighted by atomic mass is 9.52. The Balaban J connectivity index is 2.15. The van der Waals surface area contributed by atoms with Crippen LogP contribution in [0.2, 0.25) is 0 Å². The number of pyridine rings is 1. The Morgan fingerprint density at radius 2 is 1.59 bits per heavy atom. The summed E-state index contributed by atoms with van der Waals surface area (Å²) in [6.07, 6.45) is -7.46. The number of nitrogens with two attached hydrogens (primary N) is 1. The van der Waals surface area contributed by atoms with Gasteiger partial charge in [-0.2, -0.15) is 4.39 Å². The van der Waals surface area contributed by atoms with E-state index in [-0.39, 0.29) is 16.9 Å². The number of amides is 2. The molecule has 8 nitrogen and oxygen atoms in total. The van der Waals surface area contributed by atoms with E-state index in [2.05, 4.69) is 15.0 Å². The molecule has 1 heterocycles. The van der Waals surface area contributed by atoms with E-state index in [1.807, 2.05) is 0 Å². The highest BCUT2D eigenvalue weighted by molar-refractivity contribution is 6.58. The minimum Gasteiger partial charge on any atom is -0.508 e. The van der Waals surface area contributed by atoms with Crippen LogP contribution >= 0.6 is 0 Å². The van der Waals surface area contributed by atoms with Gasteiger partial charge in [-0.15, -0.1) is 13.2 Å². The summed E-state index contributed by atoms with van der Waals surface area (Å²) in [6, 6.07) is 3.79. The average molecular weight is 583 g/mol. The number of primary amides is 1. The Labute approximate surface area is 230 Å². The number of nitrogens with zero attached hydrogens (tertiary/aromatic N) is 1. The standard InChI is InChI=1S/C23H19B3F7N3O5/c1-8-7-35-11(20(34)37)6-10(8)36-21(38)15-12(3-2-9(16(15)27)19(29)30)39-14-5-4-13(40-23(31,32)33)17(28)18(14)41-22(24,25)26/h2-7,19H,24-26H2,1H3,(H2,34,37)(H,35,36,38). The highest BCUT2D eigenvalue weighted by Gasteiger charge is 2.35. The molecular formula is C23H19B3F7N3O5. The van der Waals surface area contributed by atoms with Crippen molar-refractivity contribution in [3.63, 3.8) is 0 Å². The zero-order valence-electron chi connectivity index (χ0n) is 21.8. The van der Waals surface area contributed by atoms with Gasteiger partial charge in [-0.3, -0.25) is 14.6 Å². The van der Waals surface area contributed by atoms with Crippen LogP contribution in [0.25, 0.3) is 0 Å². The van der Waals surface area contributed by atoms with E-state index < -0.39 is 75.7 Å². The number of hydrogen-bond donors (Lipinski definition) is 2. The topological polar surface area (TPSA) is 113 Å². The second-order valence-electron chi connectivity index (χ2n) is 9.41. The maximum atomic E-state index is 15.3. The van der Waals surface area contributed by atoms with Crippen LogP contribution in [0.15, 0.2) is 36.5 Å². The molecule has 0 saturated heterocycles. The van der Waals surface area contributed by atoms with Crippen LogP contribution in [0.3, 0.4) is 0 Å². The number of nitrogens with one attached hydrogen (secondary N) is 1. The fraction of sp³-hybridized carbons (Fsp3) is 0.174. The molecule has 18 heteroatoms. The lowest BCUT2D eigenvalue weighted by Crippen LogP contribution is -2.38. The van der Waals surface area contributed by atoms with Crippen LogP contribution in [0.4, 0.5) is 36.4 Å². The minimum absolute atomic E-state index is 0.0805. The molecule has 0 aliphatic carbocycles. The lowest BCUT2D eigenvalue weighted by Gasteiger charge is -2.25. The maximum Gasteiger partial charge on any atom is 0.573 e. The molecule has 0 radical (unpaired) electrons. The monoisotopic (exact) mass is 583 g/mol. The van der Waals surface area contributed by atoms with Gasteiger partial charge in [-0.05, 0) is 42.8 Å². The highest BCUT2D eigenvalue weighted by Crippen LogP contribution is 2.42. The summed E-state index contributed by atoms with van der Waals surface area (Å²) < 4.78 is 110. The largest absolute Gasteiger partial charge is 0.573 e. The number of aryl methyl sites for hydroxylation is 1. The molecule has 3 N–H and O–H groups in total. The molecule has 0 aliphatic heterocycles. The van der Waals surface area contributed by atoms with E-state index in [9.17, 15) is 31.5 Å². The number of alkyl halides is 5. The van der Waals surface area contributed by atoms with E-state index in [1.54, 1.807) is 0 Å². The van der Waals surface area contributed by atoms with Gasteiger partial charge in [0.2, 0.25) is 5.82 Å². The number of anilines is 1. The Morgan fingerprint density at radius 1 is 0.976 bits per heavy atom. The normalized spacial score (nSPS) is 11.7. The van der Waals surface area contributed by atoms with Crippen molar-refractivity contribution in [1.82, 2.24) is 4.98 Å². The van der Waals surface area contributed by atoms with Crippen molar-refractivity contribution >= 4 is 41.0 Å². The summed E-state index contributed by atoms with van der Waals surface area (Å²) in [6.45, 7) is 1.46. The van der Waals surface area contributed by atoms with Gasteiger partial charge in [0, 0.05) is 17.2 Å². The highest BCUT2D eigenvalue weighted by atomic mass is 19.4. The molecule has 0 fully saturated rings. The van der Waals surface area contributed by atoms with E-state index in [1.165, 1.54) is 36.7 Å². The number of halogens is 7. The molecule has 3 aromatic rings. The Hall–Kier alpha value is -4.37. The number of hydrogen-bond acceptors (Lipinski definition) is 6. The number of carbonyl (C=O) groups excluding carboxylic acids is 2. The second kappa shape index (κ2) is 11.6. The van der Waals surface area contributed by atoms with Crippen molar-refractivity contribution in [2.45, 2.75) is 25.0 Å². The summed E-state index contributed by atoms with van der Waals surface area (Å²) in [5.41, 5.74) is 2.85. The summed E-state index contributed by atoms with van der Waals surface area (Å²) in [5.74, 6) is -9.18. The molecular weight excluding hydrogens is 564 g/mol. The van der Waals surface area contributed by atoms with Crippen LogP contribution in [0, 0.1) is 18.6 Å². The van der Waals surface area contributed by atoms with Gasteiger partial charge in [-0.1, -0.05) is 0 Å². The van der Waals surface area contributed by atoms with Crippen LogP contribution in [0.1, 0.15) is 38.4 Å². The quantitative estimate of drug-likeness (QED) is 0.296. The van der Waals surface area contributed by atoms with E-state index >= 15 is 8.78 Å². The Morgan fingerprint density at radius 3 is 2.15 bits per heavy atom. The van der Waals surface area contributed by atoms with Crippen molar-refractivity contribution in [1.29, 1.82) is 0 Å². The van der Waals surface area contributed by atoms with Gasteiger partial charge in [-0.25, -0.2) is 13.2 Å². The summed E-state index contributed by atoms with van der Waals surface area (Å²) in [7, 11) is 4.29. The third kappa shape index (κ3) is 7.64. The van der Waals surface area contributed by atoms with Gasteiger partial charge < -0.3 is 25.3 Å². The molecule has 41 heavy (non-hydrogen) atoms. The summed E-state index contributed by atoms with van der Waals surface area (Å²) >= 11 is 0. The number of benzene rings is 2. The zero-order chi connectivity index (χ0) is 30.9. The minimum atomic E-state index is -5.26. The third-order valence-corrected chi connectivity index (χ3v) is 5.08. The molecule has 1 aromatic heterocycles. The predicted octanol–water partition coefficient (Wildman–Crippen LogP) is 2.54. The van der Waals surface area contributed by atoms with E-state index in [4.69, 9.17) is 15.2 Å². The summed E-state index contributed by atoms with van der Waals surface area (Å²) in [5, 5.41) is 1.04. The summed E-state index contributed by atoms with van der Waals surface area (Å²) in [4.78, 5) is 28.4. The van der Waals surface area contributed by atoms with Crippen LogP contribution in [-0.2, 0) is 0 Å². The fourth-order valence-corrected chi connectivity index (χ4v) is 3.34. The molecule has 0 spiro atoms. The third-order valence-electron chi connectivity index (χ3n) is 5.08. The Kier molecular flexibility index (Phi) is 8.84. The first-order valence-electron chi connectivity index (χ1n) is 11.5. The molecule has 2 amide bonds. The van der Waals surface area contributed by atoms with Crippen molar-refractivity contribution < 1.29 is 54.5 Å². The van der Waals surface area contributed by atoms with E-state index in [0.29, 0.717) is 12.1 Å². The van der Waals surface area contributed by atoms with Crippen molar-refractivity contribution in [2.24, 2.45) is 5.73 Å². The Bertz CT molecular complexity index is 1500. The molecule has 0 bridgehead atoms. The molecule has 0 unspecified atom stereocenters. The van der Waals surface area contributed by atoms with Crippen LogP contribution in [0.5, 0.6) is 23.0 Å². The molecule has 3 rings (SSSR count). The van der Waals surface area contributed by atoms with Crippen LogP contribution < -0.4 is 25.3 Å². The first-order valence-corrected chi connectivity index (χ1v) is 11.5. The van der Waals surface area contributed by atoms with Gasteiger partial charge in [0.15, 0.2) is 17.2 Å². The lowest BCUT2D eigenvalue weighted by molar-refractivity contribution is -0.275. The fourth-order valence-electron chi connectivity index (χ4n) is 3.34. The number of aromatic nitrogens is 1. The molecule has 214 valence electrons. The molecule has 0 atom stereocenters. The van der Waals surface area contributed by atoms with Crippen molar-refractivity contribution in [2.75, 3.05) is 5.32 Å². The number of carbonyl (C=O) groups is 2. The molecule has 2 aromatic carbocycles. The smallest absolute Gasteiger partial charge is 0.508 e. The second-order valence-corrected chi connectivity index (χ2v) is 9.41. The number of ether oxygens (including phenoxy) is 3. The maximum absolute atomic E-state index is 15.3. The van der Waals surface area contributed by atoms with Gasteiger partial charge >= 0.3 is 6.36 Å². The SMILES string of the molecule is BC(B)(B)Oc1c(Oc2ccc(C(F)F)c(F)c2C(=O)Nc2cc(C(N)=O)ncc2C)ccc(OC(F)(F)F)c1F. The zero-order valence-corrected chi connectivity index (χ0v) is 21.8. The molecule has 0 saturated carbocycles. The average Bonchev–Trinajstić information content (AvgIpc) is 2.82. The van der Waals surface area contributed by atoms with Crippen molar-refractivity contribution in [3.05, 3.63) is 70.5 Å². The van der Waals surface area contributed by atoms with Gasteiger partial charge in [0.1, 0.15) is 46.4 Å². The van der Waals surface area contributed by atoms with Gasteiger partial charge in [0.25, 0.3) is 18.2 Å². The first-order chi connectivity index (χ1) is 18.9. The van der Waals surface area contributed by atoms with Crippen LogP contribution in [-0.4, -0.2) is 52.0 Å². The van der Waals surface area contributed by atoms with Crippen molar-refractivity contribution in [3.8, 4) is 23.0 Å². The number of rotatable bonds is 9. The molecule has 0 aliphatic rings. The van der Waals surface area contributed by atoms with E-state index in [0.717, 1.165) is 18.2 Å². The first kappa shape index (κ1) is 31.2.